The second kappa shape index (κ2) is 19.5. The monoisotopic (exact) mass is 217 g/mol. The largest absolute Gasteiger partial charge is 0.306 e. The van der Waals surface area contributed by atoms with Crippen molar-refractivity contribution in [1.29, 1.82) is 0 Å². The van der Waals surface area contributed by atoms with Crippen molar-refractivity contribution >= 4 is 0 Å². The number of hydrogen-bond donors (Lipinski definition) is 0. The van der Waals surface area contributed by atoms with E-state index in [9.17, 15) is 0 Å². The van der Waals surface area contributed by atoms with Crippen LogP contribution in [-0.4, -0.2) is 25.0 Å². The fourth-order valence-corrected chi connectivity index (χ4v) is 1.61. The molecule has 0 saturated carbocycles. The summed E-state index contributed by atoms with van der Waals surface area (Å²) in [4.78, 5) is 2.44. The van der Waals surface area contributed by atoms with E-state index in [1.165, 1.54) is 32.4 Å². The van der Waals surface area contributed by atoms with E-state index in [-0.39, 0.29) is 0 Å². The van der Waals surface area contributed by atoms with E-state index in [2.05, 4.69) is 18.9 Å². The molecule has 0 bridgehead atoms. The average Bonchev–Trinajstić information content (AvgIpc) is 2.36. The van der Waals surface area contributed by atoms with Crippen LogP contribution in [0.2, 0.25) is 0 Å². The smallest absolute Gasteiger partial charge is 0.000651 e. The van der Waals surface area contributed by atoms with Crippen LogP contribution >= 0.6 is 0 Å². The lowest BCUT2D eigenvalue weighted by molar-refractivity contribution is 0.206. The summed E-state index contributed by atoms with van der Waals surface area (Å²) < 4.78 is 0. The molecule has 1 saturated heterocycles. The second-order valence-corrected chi connectivity index (χ2v) is 3.18. The minimum Gasteiger partial charge on any atom is -0.306 e. The Bertz CT molecular complexity index is 81.4. The van der Waals surface area contributed by atoms with E-state index < -0.39 is 0 Å². The van der Waals surface area contributed by atoms with Crippen LogP contribution < -0.4 is 0 Å². The Kier molecular flexibility index (Phi) is 26.5. The molecular formula is C14H35N. The normalized spacial score (nSPS) is 19.6. The Balaban J connectivity index is -0.000000208. The van der Waals surface area contributed by atoms with Gasteiger partial charge in [-0.05, 0) is 32.4 Å². The first-order valence-corrected chi connectivity index (χ1v) is 7.01. The molecule has 0 N–H and O–H groups in total. The van der Waals surface area contributed by atoms with Gasteiger partial charge in [0.25, 0.3) is 0 Å². The predicted octanol–water partition coefficient (Wildman–Crippen LogP) is 4.82. The van der Waals surface area contributed by atoms with Crippen molar-refractivity contribution in [2.24, 2.45) is 5.92 Å². The molecule has 0 aromatic carbocycles. The van der Waals surface area contributed by atoms with Gasteiger partial charge in [0.2, 0.25) is 0 Å². The Morgan fingerprint density at radius 3 is 1.73 bits per heavy atom. The van der Waals surface area contributed by atoms with Gasteiger partial charge in [0.05, 0.1) is 0 Å². The summed E-state index contributed by atoms with van der Waals surface area (Å²) in [5, 5.41) is 0. The highest BCUT2D eigenvalue weighted by Crippen LogP contribution is 2.17. The van der Waals surface area contributed by atoms with Crippen molar-refractivity contribution in [2.45, 2.75) is 67.7 Å². The zero-order valence-electron chi connectivity index (χ0n) is 12.6. The zero-order chi connectivity index (χ0) is 12.7. The van der Waals surface area contributed by atoms with Crippen molar-refractivity contribution in [3.05, 3.63) is 0 Å². The van der Waals surface area contributed by atoms with Crippen molar-refractivity contribution in [1.82, 2.24) is 4.90 Å². The molecule has 1 atom stereocenters. The lowest BCUT2D eigenvalue weighted by Crippen LogP contribution is -2.31. The summed E-state index contributed by atoms with van der Waals surface area (Å²) in [6.07, 6.45) is 4.24. The van der Waals surface area contributed by atoms with Crippen LogP contribution in [0.3, 0.4) is 0 Å². The lowest BCUT2D eigenvalue weighted by Gasteiger charge is -2.28. The van der Waals surface area contributed by atoms with Crippen LogP contribution in [0.25, 0.3) is 0 Å². The van der Waals surface area contributed by atoms with Gasteiger partial charge in [-0.15, -0.1) is 0 Å². The fourth-order valence-electron chi connectivity index (χ4n) is 1.61. The van der Waals surface area contributed by atoms with Gasteiger partial charge in [0, 0.05) is 6.54 Å². The van der Waals surface area contributed by atoms with Crippen LogP contribution in [0.1, 0.15) is 67.7 Å². The molecule has 0 aromatic heterocycles. The van der Waals surface area contributed by atoms with Crippen LogP contribution in [0, 0.1) is 5.92 Å². The molecule has 1 aliphatic heterocycles. The third kappa shape index (κ3) is 14.0. The highest BCUT2D eigenvalue weighted by Gasteiger charge is 2.14. The molecule has 1 aliphatic rings. The summed E-state index contributed by atoms with van der Waals surface area (Å²) in [5.74, 6) is 0.990. The highest BCUT2D eigenvalue weighted by molar-refractivity contribution is 4.68. The summed E-state index contributed by atoms with van der Waals surface area (Å²) in [7, 11) is 2.22. The average molecular weight is 217 g/mol. The SMILES string of the molecule is CC.CC.CC.CCC1CCCN(C)C1. The fraction of sp³-hybridized carbons (Fsp3) is 1.00. The van der Waals surface area contributed by atoms with Gasteiger partial charge in [-0.3, -0.25) is 0 Å². The maximum absolute atomic E-state index is 2.44. The van der Waals surface area contributed by atoms with Gasteiger partial charge in [-0.25, -0.2) is 0 Å². The molecule has 0 aliphatic carbocycles. The molecule has 0 aromatic rings. The molecule has 1 fully saturated rings. The van der Waals surface area contributed by atoms with E-state index in [1.54, 1.807) is 0 Å². The predicted molar refractivity (Wildman–Crippen MR) is 74.6 cm³/mol. The van der Waals surface area contributed by atoms with Crippen molar-refractivity contribution < 1.29 is 0 Å². The molecule has 96 valence electrons. The Morgan fingerprint density at radius 1 is 1.00 bits per heavy atom. The van der Waals surface area contributed by atoms with Gasteiger partial charge < -0.3 is 4.90 Å². The summed E-state index contributed by atoms with van der Waals surface area (Å²) in [6, 6.07) is 0. The number of likely N-dealkylation sites (tertiary alicyclic amines) is 1. The van der Waals surface area contributed by atoms with Gasteiger partial charge in [-0.1, -0.05) is 54.9 Å². The third-order valence-corrected chi connectivity index (χ3v) is 2.30. The quantitative estimate of drug-likeness (QED) is 0.609. The van der Waals surface area contributed by atoms with E-state index in [1.807, 2.05) is 41.5 Å². The molecule has 0 spiro atoms. The molecule has 0 amide bonds. The van der Waals surface area contributed by atoms with Crippen LogP contribution in [0.15, 0.2) is 0 Å². The number of nitrogens with zero attached hydrogens (tertiary/aromatic N) is 1. The summed E-state index contributed by atoms with van der Waals surface area (Å²) >= 11 is 0. The molecule has 0 radical (unpaired) electrons. The Hall–Kier alpha value is -0.0400. The van der Waals surface area contributed by atoms with E-state index in [4.69, 9.17) is 0 Å². The standard InChI is InChI=1S/C8H17N.3C2H6/c1-3-8-5-4-6-9(2)7-8;3*1-2/h8H,3-7H2,1-2H3;3*1-2H3. The highest BCUT2D eigenvalue weighted by atomic mass is 15.1. The number of piperidine rings is 1. The molecule has 1 heteroatoms. The van der Waals surface area contributed by atoms with Gasteiger partial charge in [0.15, 0.2) is 0 Å². The van der Waals surface area contributed by atoms with Crippen molar-refractivity contribution in [3.63, 3.8) is 0 Å². The molecule has 15 heavy (non-hydrogen) atoms. The molecule has 1 unspecified atom stereocenters. The Morgan fingerprint density at radius 2 is 1.47 bits per heavy atom. The minimum absolute atomic E-state index is 0.990. The van der Waals surface area contributed by atoms with Gasteiger partial charge >= 0.3 is 0 Å². The topological polar surface area (TPSA) is 3.24 Å². The van der Waals surface area contributed by atoms with E-state index >= 15 is 0 Å². The van der Waals surface area contributed by atoms with Crippen molar-refractivity contribution in [3.8, 4) is 0 Å². The molecule has 1 nitrogen and oxygen atoms in total. The minimum atomic E-state index is 0.990. The van der Waals surface area contributed by atoms with E-state index in [0.29, 0.717) is 0 Å². The first-order chi connectivity index (χ1) is 7.33. The third-order valence-electron chi connectivity index (χ3n) is 2.30. The molecule has 1 heterocycles. The van der Waals surface area contributed by atoms with Crippen LogP contribution in [0.4, 0.5) is 0 Å². The van der Waals surface area contributed by atoms with Crippen molar-refractivity contribution in [2.75, 3.05) is 20.1 Å². The van der Waals surface area contributed by atoms with Gasteiger partial charge in [-0.2, -0.15) is 0 Å². The molecular weight excluding hydrogens is 182 g/mol. The maximum atomic E-state index is 2.44. The Labute approximate surface area is 99.3 Å². The lowest BCUT2D eigenvalue weighted by atomic mass is 9.96. The maximum Gasteiger partial charge on any atom is 0.000651 e. The first kappa shape index (κ1) is 20.4. The number of rotatable bonds is 1. The van der Waals surface area contributed by atoms with Crippen LogP contribution in [0.5, 0.6) is 0 Å². The van der Waals surface area contributed by atoms with E-state index in [0.717, 1.165) is 5.92 Å². The van der Waals surface area contributed by atoms with Crippen LogP contribution in [-0.2, 0) is 0 Å². The first-order valence-electron chi connectivity index (χ1n) is 7.01. The zero-order valence-corrected chi connectivity index (χ0v) is 12.6. The summed E-state index contributed by atoms with van der Waals surface area (Å²) in [5.41, 5.74) is 0. The van der Waals surface area contributed by atoms with Gasteiger partial charge in [0.1, 0.15) is 0 Å². The second-order valence-electron chi connectivity index (χ2n) is 3.18. The molecule has 1 rings (SSSR count). The summed E-state index contributed by atoms with van der Waals surface area (Å²) in [6.45, 7) is 16.9. The number of hydrogen-bond acceptors (Lipinski definition) is 1.